The summed E-state index contributed by atoms with van der Waals surface area (Å²) in [5.41, 5.74) is 1.44. The van der Waals surface area contributed by atoms with E-state index in [1.165, 1.54) is 0 Å². The van der Waals surface area contributed by atoms with Crippen molar-refractivity contribution in [2.24, 2.45) is 0 Å². The van der Waals surface area contributed by atoms with Gasteiger partial charge in [-0.15, -0.1) is 0 Å². The van der Waals surface area contributed by atoms with Gasteiger partial charge in [0.25, 0.3) is 0 Å². The monoisotopic (exact) mass is 266 g/mol. The Bertz CT molecular complexity index is 425. The third-order valence-corrected chi connectivity index (χ3v) is 7.91. The second kappa shape index (κ2) is 5.07. The van der Waals surface area contributed by atoms with Gasteiger partial charge in [-0.3, -0.25) is 0 Å². The van der Waals surface area contributed by atoms with Gasteiger partial charge in [-0.1, -0.05) is 26.8 Å². The van der Waals surface area contributed by atoms with E-state index in [1.54, 1.807) is 12.1 Å². The standard InChI is InChI=1S/C13H23BO3Si/c1-10-7-11(14(15)16)9-12(8-10)17-18(5,6)13(2,3)4/h7-9,15-16H,1-6H3. The van der Waals surface area contributed by atoms with Gasteiger partial charge in [0.05, 0.1) is 0 Å². The fourth-order valence-corrected chi connectivity index (χ4v) is 2.45. The summed E-state index contributed by atoms with van der Waals surface area (Å²) in [6, 6.07) is 5.40. The van der Waals surface area contributed by atoms with Gasteiger partial charge in [0.15, 0.2) is 0 Å². The molecular formula is C13H23BO3Si. The van der Waals surface area contributed by atoms with Gasteiger partial charge in [-0.05, 0) is 48.2 Å². The van der Waals surface area contributed by atoms with Gasteiger partial charge >= 0.3 is 7.12 Å². The summed E-state index contributed by atoms with van der Waals surface area (Å²) >= 11 is 0. The van der Waals surface area contributed by atoms with E-state index in [9.17, 15) is 10.0 Å². The molecule has 2 N–H and O–H groups in total. The Balaban J connectivity index is 3.05. The van der Waals surface area contributed by atoms with Gasteiger partial charge in [-0.25, -0.2) is 0 Å². The van der Waals surface area contributed by atoms with Crippen LogP contribution in [0.5, 0.6) is 5.75 Å². The minimum Gasteiger partial charge on any atom is -0.544 e. The first kappa shape index (κ1) is 15.3. The van der Waals surface area contributed by atoms with Crippen LogP contribution in [-0.4, -0.2) is 25.5 Å². The van der Waals surface area contributed by atoms with E-state index in [0.29, 0.717) is 5.46 Å². The maximum atomic E-state index is 9.24. The molecule has 0 spiro atoms. The normalized spacial score (nSPS) is 12.4. The predicted octanol–water partition coefficient (Wildman–Crippen LogP) is 2.06. The molecule has 1 aromatic rings. The first-order valence-electron chi connectivity index (χ1n) is 6.20. The molecule has 0 amide bonds. The van der Waals surface area contributed by atoms with E-state index in [1.807, 2.05) is 13.0 Å². The molecule has 0 saturated heterocycles. The van der Waals surface area contributed by atoms with Crippen LogP contribution in [-0.2, 0) is 0 Å². The van der Waals surface area contributed by atoms with Crippen molar-refractivity contribution in [3.8, 4) is 5.75 Å². The number of rotatable bonds is 3. The van der Waals surface area contributed by atoms with E-state index in [-0.39, 0.29) is 5.04 Å². The third kappa shape index (κ3) is 3.61. The minimum absolute atomic E-state index is 0.120. The fraction of sp³-hybridized carbons (Fsp3) is 0.538. The lowest BCUT2D eigenvalue weighted by Gasteiger charge is -2.36. The van der Waals surface area contributed by atoms with E-state index >= 15 is 0 Å². The molecule has 5 heteroatoms. The average molecular weight is 266 g/mol. The van der Waals surface area contributed by atoms with E-state index in [0.717, 1.165) is 11.3 Å². The van der Waals surface area contributed by atoms with Crippen molar-refractivity contribution in [1.29, 1.82) is 0 Å². The van der Waals surface area contributed by atoms with Crippen molar-refractivity contribution in [2.45, 2.75) is 45.8 Å². The Morgan fingerprint density at radius 1 is 1.11 bits per heavy atom. The molecule has 0 bridgehead atoms. The second-order valence-corrected chi connectivity index (χ2v) is 11.0. The van der Waals surface area contributed by atoms with E-state index < -0.39 is 15.4 Å². The quantitative estimate of drug-likeness (QED) is 0.823. The highest BCUT2D eigenvalue weighted by Gasteiger charge is 2.39. The Kier molecular flexibility index (Phi) is 4.31. The molecule has 0 saturated carbocycles. The van der Waals surface area contributed by atoms with Gasteiger partial charge < -0.3 is 14.5 Å². The third-order valence-electron chi connectivity index (χ3n) is 3.55. The van der Waals surface area contributed by atoms with Gasteiger partial charge in [0.1, 0.15) is 5.75 Å². The van der Waals surface area contributed by atoms with Crippen molar-refractivity contribution < 1.29 is 14.5 Å². The highest BCUT2D eigenvalue weighted by atomic mass is 28.4. The number of benzene rings is 1. The Morgan fingerprint density at radius 2 is 1.67 bits per heavy atom. The zero-order valence-electron chi connectivity index (χ0n) is 12.1. The summed E-state index contributed by atoms with van der Waals surface area (Å²) in [5.74, 6) is 0.727. The molecule has 0 atom stereocenters. The molecular weight excluding hydrogens is 243 g/mol. The molecule has 3 nitrogen and oxygen atoms in total. The molecule has 1 rings (SSSR count). The molecule has 0 fully saturated rings. The van der Waals surface area contributed by atoms with E-state index in [4.69, 9.17) is 4.43 Å². The summed E-state index contributed by atoms with van der Waals surface area (Å²) in [5, 5.41) is 18.6. The van der Waals surface area contributed by atoms with Crippen LogP contribution < -0.4 is 9.89 Å². The maximum Gasteiger partial charge on any atom is 0.488 e. The average Bonchev–Trinajstić information content (AvgIpc) is 2.13. The molecule has 0 radical (unpaired) electrons. The summed E-state index contributed by atoms with van der Waals surface area (Å²) in [4.78, 5) is 0. The first-order valence-corrected chi connectivity index (χ1v) is 9.10. The minimum atomic E-state index is -1.89. The molecule has 0 aromatic heterocycles. The molecule has 0 aliphatic carbocycles. The van der Waals surface area contributed by atoms with Crippen molar-refractivity contribution in [3.63, 3.8) is 0 Å². The van der Waals surface area contributed by atoms with Crippen LogP contribution in [0.4, 0.5) is 0 Å². The lowest BCUT2D eigenvalue weighted by Crippen LogP contribution is -2.44. The lowest BCUT2D eigenvalue weighted by atomic mass is 9.79. The fourth-order valence-electron chi connectivity index (χ4n) is 1.43. The molecule has 1 aromatic carbocycles. The number of hydrogen-bond acceptors (Lipinski definition) is 3. The van der Waals surface area contributed by atoms with Crippen molar-refractivity contribution >= 4 is 20.9 Å². The predicted molar refractivity (Wildman–Crippen MR) is 78.8 cm³/mol. The SMILES string of the molecule is Cc1cc(O[Si](C)(C)C(C)(C)C)cc(B(O)O)c1. The van der Waals surface area contributed by atoms with Crippen LogP contribution in [0, 0.1) is 6.92 Å². The molecule has 0 unspecified atom stereocenters. The number of hydrogen-bond donors (Lipinski definition) is 2. The molecule has 0 aliphatic rings. The highest BCUT2D eigenvalue weighted by Crippen LogP contribution is 2.37. The second-order valence-electron chi connectivity index (χ2n) is 6.32. The first-order chi connectivity index (χ1) is 8.03. The van der Waals surface area contributed by atoms with Crippen LogP contribution in [0.3, 0.4) is 0 Å². The molecule has 18 heavy (non-hydrogen) atoms. The summed E-state index contributed by atoms with van der Waals surface area (Å²) in [6.45, 7) is 12.8. The largest absolute Gasteiger partial charge is 0.544 e. The van der Waals surface area contributed by atoms with Crippen molar-refractivity contribution in [1.82, 2.24) is 0 Å². The Labute approximate surface area is 111 Å². The summed E-state index contributed by atoms with van der Waals surface area (Å²) < 4.78 is 6.15. The van der Waals surface area contributed by atoms with Crippen LogP contribution in [0.2, 0.25) is 18.1 Å². The summed E-state index contributed by atoms with van der Waals surface area (Å²) in [6.07, 6.45) is 0. The maximum absolute atomic E-state index is 9.24. The molecule has 0 heterocycles. The van der Waals surface area contributed by atoms with Gasteiger partial charge in [0, 0.05) is 0 Å². The van der Waals surface area contributed by atoms with E-state index in [2.05, 4.69) is 33.9 Å². The topological polar surface area (TPSA) is 49.7 Å². The Morgan fingerprint density at radius 3 is 2.11 bits per heavy atom. The molecule has 100 valence electrons. The molecule has 0 aliphatic heterocycles. The lowest BCUT2D eigenvalue weighted by molar-refractivity contribution is 0.425. The van der Waals surface area contributed by atoms with Crippen LogP contribution >= 0.6 is 0 Å². The Hall–Kier alpha value is -0.778. The zero-order valence-corrected chi connectivity index (χ0v) is 13.1. The van der Waals surface area contributed by atoms with Gasteiger partial charge in [0.2, 0.25) is 8.32 Å². The smallest absolute Gasteiger partial charge is 0.488 e. The van der Waals surface area contributed by atoms with Gasteiger partial charge in [-0.2, -0.15) is 0 Å². The van der Waals surface area contributed by atoms with Crippen LogP contribution in [0.15, 0.2) is 18.2 Å². The zero-order chi connectivity index (χ0) is 14.1. The highest BCUT2D eigenvalue weighted by molar-refractivity contribution is 6.74. The van der Waals surface area contributed by atoms with Crippen molar-refractivity contribution in [2.75, 3.05) is 0 Å². The summed E-state index contributed by atoms with van der Waals surface area (Å²) in [7, 11) is -3.34. The van der Waals surface area contributed by atoms with Crippen molar-refractivity contribution in [3.05, 3.63) is 23.8 Å². The van der Waals surface area contributed by atoms with Crippen LogP contribution in [0.1, 0.15) is 26.3 Å². The number of aryl methyl sites for hydroxylation is 1. The van der Waals surface area contributed by atoms with Crippen LogP contribution in [0.25, 0.3) is 0 Å².